The van der Waals surface area contributed by atoms with Crippen LogP contribution in [0.3, 0.4) is 0 Å². The molecule has 2 rings (SSSR count). The second-order valence-electron chi connectivity index (χ2n) is 4.34. The van der Waals surface area contributed by atoms with Crippen LogP contribution in [-0.4, -0.2) is 34.8 Å². The smallest absolute Gasteiger partial charge is 0.134 e. The van der Waals surface area contributed by atoms with Gasteiger partial charge in [-0.2, -0.15) is 0 Å². The van der Waals surface area contributed by atoms with Crippen LogP contribution in [0.4, 0.5) is 11.6 Å². The molecule has 1 saturated heterocycles. The lowest BCUT2D eigenvalue weighted by molar-refractivity contribution is 0.208. The van der Waals surface area contributed by atoms with E-state index in [1.54, 1.807) is 6.07 Å². The van der Waals surface area contributed by atoms with Crippen molar-refractivity contribution >= 4 is 11.6 Å². The average molecular weight is 222 g/mol. The van der Waals surface area contributed by atoms with Crippen LogP contribution >= 0.6 is 0 Å². The molecule has 0 saturated carbocycles. The first-order valence-corrected chi connectivity index (χ1v) is 5.66. The highest BCUT2D eigenvalue weighted by Gasteiger charge is 2.20. The zero-order valence-electron chi connectivity index (χ0n) is 9.56. The normalized spacial score (nSPS) is 21.1. The number of aliphatic hydroxyl groups is 1. The van der Waals surface area contributed by atoms with Gasteiger partial charge in [0.05, 0.1) is 0 Å². The quantitative estimate of drug-likeness (QED) is 0.765. The number of anilines is 2. The Kier molecular flexibility index (Phi) is 3.24. The summed E-state index contributed by atoms with van der Waals surface area (Å²) in [4.78, 5) is 10.6. The SMILES string of the molecule is Cc1nc(N)cc(N2CCCC(CO)C2)n1. The van der Waals surface area contributed by atoms with Gasteiger partial charge in [0.25, 0.3) is 0 Å². The van der Waals surface area contributed by atoms with Crippen LogP contribution in [0.1, 0.15) is 18.7 Å². The van der Waals surface area contributed by atoms with Gasteiger partial charge in [-0.15, -0.1) is 0 Å². The van der Waals surface area contributed by atoms with Crippen molar-refractivity contribution in [3.8, 4) is 0 Å². The Bertz CT molecular complexity index is 349. The van der Waals surface area contributed by atoms with E-state index in [0.29, 0.717) is 17.6 Å². The second-order valence-corrected chi connectivity index (χ2v) is 4.34. The Morgan fingerprint density at radius 2 is 2.38 bits per heavy atom. The van der Waals surface area contributed by atoms with Crippen molar-refractivity contribution in [2.75, 3.05) is 30.3 Å². The van der Waals surface area contributed by atoms with Crippen molar-refractivity contribution in [3.63, 3.8) is 0 Å². The zero-order chi connectivity index (χ0) is 11.5. The Morgan fingerprint density at radius 1 is 1.56 bits per heavy atom. The molecule has 1 fully saturated rings. The predicted molar refractivity (Wildman–Crippen MR) is 63.2 cm³/mol. The minimum Gasteiger partial charge on any atom is -0.396 e. The van der Waals surface area contributed by atoms with Crippen molar-refractivity contribution < 1.29 is 5.11 Å². The Balaban J connectivity index is 2.16. The predicted octanol–water partition coefficient (Wildman–Crippen LogP) is 0.576. The summed E-state index contributed by atoms with van der Waals surface area (Å²) in [5.74, 6) is 2.43. The number of hydrogen-bond donors (Lipinski definition) is 2. The number of rotatable bonds is 2. The van der Waals surface area contributed by atoms with Gasteiger partial charge in [-0.05, 0) is 25.7 Å². The van der Waals surface area contributed by atoms with Gasteiger partial charge in [-0.25, -0.2) is 9.97 Å². The van der Waals surface area contributed by atoms with Crippen LogP contribution in [0.25, 0.3) is 0 Å². The van der Waals surface area contributed by atoms with Crippen molar-refractivity contribution in [2.45, 2.75) is 19.8 Å². The molecular formula is C11H18N4O. The maximum Gasteiger partial charge on any atom is 0.134 e. The summed E-state index contributed by atoms with van der Waals surface area (Å²) in [5.41, 5.74) is 5.71. The number of nitrogens with two attached hydrogens (primary N) is 1. The molecule has 1 aromatic rings. The molecule has 0 amide bonds. The van der Waals surface area contributed by atoms with Crippen LogP contribution in [0.2, 0.25) is 0 Å². The van der Waals surface area contributed by atoms with Crippen LogP contribution in [0.5, 0.6) is 0 Å². The standard InChI is InChI=1S/C11H18N4O/c1-8-13-10(12)5-11(14-8)15-4-2-3-9(6-15)7-16/h5,9,16H,2-4,6-7H2,1H3,(H2,12,13,14). The summed E-state index contributed by atoms with van der Waals surface area (Å²) >= 11 is 0. The third kappa shape index (κ3) is 2.41. The molecule has 2 heterocycles. The molecule has 0 bridgehead atoms. The number of nitrogens with zero attached hydrogens (tertiary/aromatic N) is 3. The molecule has 5 nitrogen and oxygen atoms in total. The highest BCUT2D eigenvalue weighted by atomic mass is 16.3. The maximum absolute atomic E-state index is 9.18. The third-order valence-corrected chi connectivity index (χ3v) is 2.95. The average Bonchev–Trinajstić information content (AvgIpc) is 2.28. The van der Waals surface area contributed by atoms with E-state index in [-0.39, 0.29) is 6.61 Å². The molecule has 1 aliphatic rings. The molecule has 3 N–H and O–H groups in total. The summed E-state index contributed by atoms with van der Waals surface area (Å²) in [6, 6.07) is 1.80. The number of piperidine rings is 1. The first-order valence-electron chi connectivity index (χ1n) is 5.66. The topological polar surface area (TPSA) is 75.3 Å². The fourth-order valence-electron chi connectivity index (χ4n) is 2.16. The van der Waals surface area contributed by atoms with Gasteiger partial charge in [0.2, 0.25) is 0 Å². The van der Waals surface area contributed by atoms with Gasteiger partial charge in [0.15, 0.2) is 0 Å². The monoisotopic (exact) mass is 222 g/mol. The van der Waals surface area contributed by atoms with E-state index in [1.165, 1.54) is 0 Å². The lowest BCUT2D eigenvalue weighted by atomic mass is 9.99. The van der Waals surface area contributed by atoms with Gasteiger partial charge in [0.1, 0.15) is 17.5 Å². The van der Waals surface area contributed by atoms with Crippen molar-refractivity contribution in [3.05, 3.63) is 11.9 Å². The molecule has 0 aliphatic carbocycles. The molecular weight excluding hydrogens is 204 g/mol. The van der Waals surface area contributed by atoms with Crippen LogP contribution in [0.15, 0.2) is 6.07 Å². The summed E-state index contributed by atoms with van der Waals surface area (Å²) < 4.78 is 0. The Labute approximate surface area is 95.3 Å². The van der Waals surface area contributed by atoms with E-state index in [4.69, 9.17) is 5.73 Å². The van der Waals surface area contributed by atoms with Crippen molar-refractivity contribution in [1.29, 1.82) is 0 Å². The van der Waals surface area contributed by atoms with E-state index in [1.807, 2.05) is 6.92 Å². The first kappa shape index (κ1) is 11.1. The minimum absolute atomic E-state index is 0.246. The fraction of sp³-hybridized carbons (Fsp3) is 0.636. The van der Waals surface area contributed by atoms with Gasteiger partial charge in [0, 0.05) is 25.8 Å². The van der Waals surface area contributed by atoms with Gasteiger partial charge < -0.3 is 15.7 Å². The van der Waals surface area contributed by atoms with Crippen molar-refractivity contribution in [2.24, 2.45) is 5.92 Å². The first-order chi connectivity index (χ1) is 7.69. The van der Waals surface area contributed by atoms with E-state index >= 15 is 0 Å². The molecule has 1 unspecified atom stereocenters. The van der Waals surface area contributed by atoms with Crippen LogP contribution < -0.4 is 10.6 Å². The minimum atomic E-state index is 0.246. The summed E-state index contributed by atoms with van der Waals surface area (Å²) in [6.45, 7) is 3.92. The zero-order valence-corrected chi connectivity index (χ0v) is 9.56. The van der Waals surface area contributed by atoms with E-state index < -0.39 is 0 Å². The van der Waals surface area contributed by atoms with E-state index in [9.17, 15) is 5.11 Å². The van der Waals surface area contributed by atoms with E-state index in [0.717, 1.165) is 31.7 Å². The largest absolute Gasteiger partial charge is 0.396 e. The number of nitrogen functional groups attached to an aromatic ring is 1. The maximum atomic E-state index is 9.18. The molecule has 0 radical (unpaired) electrons. The molecule has 0 aromatic carbocycles. The molecule has 1 aromatic heterocycles. The fourth-order valence-corrected chi connectivity index (χ4v) is 2.16. The molecule has 0 spiro atoms. The third-order valence-electron chi connectivity index (χ3n) is 2.95. The molecule has 1 aliphatic heterocycles. The number of aromatic nitrogens is 2. The van der Waals surface area contributed by atoms with Crippen molar-refractivity contribution in [1.82, 2.24) is 9.97 Å². The van der Waals surface area contributed by atoms with Gasteiger partial charge >= 0.3 is 0 Å². The molecule has 1 atom stereocenters. The Morgan fingerprint density at radius 3 is 3.06 bits per heavy atom. The number of aliphatic hydroxyl groups excluding tert-OH is 1. The second kappa shape index (κ2) is 4.65. The van der Waals surface area contributed by atoms with Crippen LogP contribution in [0, 0.1) is 12.8 Å². The van der Waals surface area contributed by atoms with E-state index in [2.05, 4.69) is 14.9 Å². The summed E-state index contributed by atoms with van der Waals surface area (Å²) in [7, 11) is 0. The number of hydrogen-bond acceptors (Lipinski definition) is 5. The van der Waals surface area contributed by atoms with Gasteiger partial charge in [-0.1, -0.05) is 0 Å². The lowest BCUT2D eigenvalue weighted by Crippen LogP contribution is -2.37. The highest BCUT2D eigenvalue weighted by molar-refractivity contribution is 5.47. The summed E-state index contributed by atoms with van der Waals surface area (Å²) in [5, 5.41) is 9.18. The Hall–Kier alpha value is -1.36. The molecule has 88 valence electrons. The van der Waals surface area contributed by atoms with Gasteiger partial charge in [-0.3, -0.25) is 0 Å². The van der Waals surface area contributed by atoms with Crippen LogP contribution in [-0.2, 0) is 0 Å². The number of aryl methyl sites for hydroxylation is 1. The lowest BCUT2D eigenvalue weighted by Gasteiger charge is -2.32. The summed E-state index contributed by atoms with van der Waals surface area (Å²) in [6.07, 6.45) is 2.18. The molecule has 16 heavy (non-hydrogen) atoms. The molecule has 5 heteroatoms. The highest BCUT2D eigenvalue weighted by Crippen LogP contribution is 2.22.